The highest BCUT2D eigenvalue weighted by molar-refractivity contribution is 5.92. The standard InChI is InChI=1S/C71H51N/c1-69(2)62-28-14-12-25-58(62)60-46-45-57(47-67(60)69)72(55-41-37-51(38-42-55)50-35-33-49(34-36-50)48-19-6-3-7-20-48)56-43-39-54(40-44-56)70(52-21-8-4-9-22-52)64-30-16-17-31-65(64)71(53-23-10-5-11-24-53)63-29-15-13-26-59(63)61-27-18-32-66(70)68(61)71/h3-47H,1-2H3. The summed E-state index contributed by atoms with van der Waals surface area (Å²) in [5.41, 5.74) is 25.3. The van der Waals surface area contributed by atoms with Gasteiger partial charge in [-0.3, -0.25) is 0 Å². The van der Waals surface area contributed by atoms with E-state index in [1.54, 1.807) is 0 Å². The molecule has 0 radical (unpaired) electrons. The first-order valence-corrected chi connectivity index (χ1v) is 25.3. The predicted molar refractivity (Wildman–Crippen MR) is 299 cm³/mol. The molecule has 0 amide bonds. The van der Waals surface area contributed by atoms with Crippen LogP contribution in [0.1, 0.15) is 69.5 Å². The Bertz CT molecular complexity index is 3850. The van der Waals surface area contributed by atoms with Crippen molar-refractivity contribution in [1.82, 2.24) is 0 Å². The van der Waals surface area contributed by atoms with Gasteiger partial charge in [-0.15, -0.1) is 0 Å². The lowest BCUT2D eigenvalue weighted by Gasteiger charge is -2.49. The lowest BCUT2D eigenvalue weighted by atomic mass is 9.52. The van der Waals surface area contributed by atoms with Crippen LogP contribution in [0.3, 0.4) is 0 Å². The second kappa shape index (κ2) is 16.1. The largest absolute Gasteiger partial charge is 0.310 e. The molecular formula is C71H51N. The summed E-state index contributed by atoms with van der Waals surface area (Å²) in [6.45, 7) is 4.74. The molecule has 0 heterocycles. The first kappa shape index (κ1) is 42.1. The summed E-state index contributed by atoms with van der Waals surface area (Å²) >= 11 is 0. The zero-order valence-electron chi connectivity index (χ0n) is 40.4. The maximum absolute atomic E-state index is 2.45. The van der Waals surface area contributed by atoms with Crippen molar-refractivity contribution in [2.24, 2.45) is 0 Å². The Balaban J connectivity index is 0.954. The van der Waals surface area contributed by atoms with Crippen LogP contribution in [0.5, 0.6) is 0 Å². The van der Waals surface area contributed by atoms with Gasteiger partial charge < -0.3 is 4.90 Å². The highest BCUT2D eigenvalue weighted by Crippen LogP contribution is 2.66. The fourth-order valence-electron chi connectivity index (χ4n) is 13.3. The van der Waals surface area contributed by atoms with Crippen LogP contribution in [0.25, 0.3) is 44.5 Å². The fraction of sp³-hybridized carbons (Fsp3) is 0.0704. The molecule has 340 valence electrons. The molecule has 0 spiro atoms. The lowest BCUT2D eigenvalue weighted by molar-refractivity contribution is 0.626. The third-order valence-electron chi connectivity index (χ3n) is 16.4. The Morgan fingerprint density at radius 1 is 0.250 bits per heavy atom. The molecule has 3 aliphatic carbocycles. The van der Waals surface area contributed by atoms with Gasteiger partial charge in [-0.25, -0.2) is 0 Å². The van der Waals surface area contributed by atoms with E-state index in [-0.39, 0.29) is 5.41 Å². The molecule has 14 rings (SSSR count). The minimum Gasteiger partial charge on any atom is -0.310 e. The predicted octanol–water partition coefficient (Wildman–Crippen LogP) is 17.9. The van der Waals surface area contributed by atoms with E-state index in [4.69, 9.17) is 0 Å². The van der Waals surface area contributed by atoms with Crippen LogP contribution in [0, 0.1) is 0 Å². The molecule has 2 atom stereocenters. The monoisotopic (exact) mass is 917 g/mol. The van der Waals surface area contributed by atoms with Crippen molar-refractivity contribution in [2.75, 3.05) is 4.90 Å². The summed E-state index contributed by atoms with van der Waals surface area (Å²) in [4.78, 5) is 2.45. The van der Waals surface area contributed by atoms with Gasteiger partial charge >= 0.3 is 0 Å². The van der Waals surface area contributed by atoms with Crippen molar-refractivity contribution >= 4 is 17.1 Å². The van der Waals surface area contributed by atoms with Gasteiger partial charge in [0.25, 0.3) is 0 Å². The number of rotatable bonds is 8. The van der Waals surface area contributed by atoms with Gasteiger partial charge in [0.05, 0.1) is 10.8 Å². The molecule has 3 aliphatic rings. The molecular weight excluding hydrogens is 867 g/mol. The van der Waals surface area contributed by atoms with Crippen LogP contribution in [0.4, 0.5) is 17.1 Å². The molecule has 11 aromatic rings. The van der Waals surface area contributed by atoms with E-state index >= 15 is 0 Å². The Morgan fingerprint density at radius 2 is 0.639 bits per heavy atom. The van der Waals surface area contributed by atoms with E-state index in [0.29, 0.717) is 0 Å². The maximum Gasteiger partial charge on any atom is 0.0720 e. The second-order valence-electron chi connectivity index (χ2n) is 20.3. The molecule has 0 saturated carbocycles. The summed E-state index contributed by atoms with van der Waals surface area (Å²) < 4.78 is 0. The number of benzene rings is 11. The molecule has 72 heavy (non-hydrogen) atoms. The maximum atomic E-state index is 2.45. The molecule has 1 heteroatoms. The van der Waals surface area contributed by atoms with Crippen molar-refractivity contribution < 1.29 is 0 Å². The quantitative estimate of drug-likeness (QED) is 0.147. The third kappa shape index (κ3) is 5.95. The zero-order valence-corrected chi connectivity index (χ0v) is 40.4. The summed E-state index contributed by atoms with van der Waals surface area (Å²) in [6.07, 6.45) is 0. The van der Waals surface area contributed by atoms with Crippen LogP contribution < -0.4 is 4.90 Å². The lowest BCUT2D eigenvalue weighted by Crippen LogP contribution is -2.44. The minimum absolute atomic E-state index is 0.145. The second-order valence-corrected chi connectivity index (χ2v) is 20.3. The topological polar surface area (TPSA) is 3.24 Å². The Kier molecular flexibility index (Phi) is 9.44. The normalized spacial score (nSPS) is 17.2. The molecule has 2 unspecified atom stereocenters. The van der Waals surface area contributed by atoms with E-state index in [1.165, 1.54) is 100 Å². The van der Waals surface area contributed by atoms with Crippen LogP contribution in [0.15, 0.2) is 273 Å². The van der Waals surface area contributed by atoms with E-state index < -0.39 is 10.8 Å². The summed E-state index contributed by atoms with van der Waals surface area (Å²) in [5.74, 6) is 0. The average molecular weight is 918 g/mol. The van der Waals surface area contributed by atoms with Gasteiger partial charge in [-0.05, 0) is 137 Å². The Morgan fingerprint density at radius 3 is 1.25 bits per heavy atom. The number of hydrogen-bond donors (Lipinski definition) is 0. The summed E-state index contributed by atoms with van der Waals surface area (Å²) in [6, 6.07) is 102. The van der Waals surface area contributed by atoms with Crippen molar-refractivity contribution in [3.05, 3.63) is 329 Å². The number of hydrogen-bond acceptors (Lipinski definition) is 1. The third-order valence-corrected chi connectivity index (χ3v) is 16.4. The van der Waals surface area contributed by atoms with Crippen molar-refractivity contribution in [3.8, 4) is 44.5 Å². The molecule has 0 aromatic heterocycles. The van der Waals surface area contributed by atoms with Gasteiger partial charge in [0.1, 0.15) is 0 Å². The molecule has 0 aliphatic heterocycles. The Labute approximate surface area is 423 Å². The first-order valence-electron chi connectivity index (χ1n) is 25.3. The fourth-order valence-corrected chi connectivity index (χ4v) is 13.3. The Hall–Kier alpha value is -8.78. The minimum atomic E-state index is -0.631. The highest BCUT2D eigenvalue weighted by atomic mass is 15.1. The molecule has 0 bridgehead atoms. The summed E-state index contributed by atoms with van der Waals surface area (Å²) in [5, 5.41) is 0. The van der Waals surface area contributed by atoms with Crippen molar-refractivity contribution in [3.63, 3.8) is 0 Å². The van der Waals surface area contributed by atoms with Crippen LogP contribution in [0.2, 0.25) is 0 Å². The van der Waals surface area contributed by atoms with Crippen LogP contribution >= 0.6 is 0 Å². The van der Waals surface area contributed by atoms with Gasteiger partial charge in [0.15, 0.2) is 0 Å². The van der Waals surface area contributed by atoms with E-state index in [0.717, 1.165) is 17.1 Å². The van der Waals surface area contributed by atoms with Crippen LogP contribution in [-0.2, 0) is 16.2 Å². The van der Waals surface area contributed by atoms with Crippen LogP contribution in [-0.4, -0.2) is 0 Å². The van der Waals surface area contributed by atoms with E-state index in [2.05, 4.69) is 292 Å². The molecule has 0 fully saturated rings. The van der Waals surface area contributed by atoms with Gasteiger partial charge in [-0.2, -0.15) is 0 Å². The average Bonchev–Trinajstić information content (AvgIpc) is 3.89. The summed E-state index contributed by atoms with van der Waals surface area (Å²) in [7, 11) is 0. The van der Waals surface area contributed by atoms with Gasteiger partial charge in [0, 0.05) is 22.5 Å². The molecule has 1 nitrogen and oxygen atoms in total. The molecule has 0 saturated heterocycles. The van der Waals surface area contributed by atoms with E-state index in [9.17, 15) is 0 Å². The zero-order chi connectivity index (χ0) is 48.0. The van der Waals surface area contributed by atoms with E-state index in [1.807, 2.05) is 0 Å². The number of anilines is 3. The SMILES string of the molecule is CC1(C)c2ccccc2-c2ccc(N(c3ccc(-c4ccc(-c5ccccc5)cc4)cc3)c3ccc(C4(c5ccccc5)c5ccccc5C5(c6ccccc6)c6ccccc6-c6cccc4c65)cc3)cc21. The van der Waals surface area contributed by atoms with Gasteiger partial charge in [0.2, 0.25) is 0 Å². The number of fused-ring (bicyclic) bond motifs is 8. The number of nitrogens with zero attached hydrogens (tertiary/aromatic N) is 1. The van der Waals surface area contributed by atoms with Crippen molar-refractivity contribution in [2.45, 2.75) is 30.1 Å². The molecule has 0 N–H and O–H groups in total. The first-order chi connectivity index (χ1) is 35.5. The highest BCUT2D eigenvalue weighted by Gasteiger charge is 2.57. The smallest absolute Gasteiger partial charge is 0.0720 e. The van der Waals surface area contributed by atoms with Crippen molar-refractivity contribution in [1.29, 1.82) is 0 Å². The van der Waals surface area contributed by atoms with Gasteiger partial charge in [-0.1, -0.05) is 250 Å². The molecule has 11 aromatic carbocycles.